The molecule has 1 aromatic rings. The van der Waals surface area contributed by atoms with Crippen molar-refractivity contribution in [1.82, 2.24) is 4.90 Å². The summed E-state index contributed by atoms with van der Waals surface area (Å²) in [6.07, 6.45) is 4.29. The molecule has 5 heteroatoms. The van der Waals surface area contributed by atoms with E-state index in [1.165, 1.54) is 6.07 Å². The van der Waals surface area contributed by atoms with Gasteiger partial charge in [0.05, 0.1) is 10.2 Å². The van der Waals surface area contributed by atoms with Crippen LogP contribution in [0.3, 0.4) is 0 Å². The highest BCUT2D eigenvalue weighted by atomic mass is 79.9. The van der Waals surface area contributed by atoms with E-state index in [0.29, 0.717) is 10.2 Å². The summed E-state index contributed by atoms with van der Waals surface area (Å²) >= 11 is 3.10. The number of halogens is 3. The molecule has 1 aromatic carbocycles. The van der Waals surface area contributed by atoms with Gasteiger partial charge in [-0.2, -0.15) is 0 Å². The SMILES string of the molecule is CCCN1CCCC(Nc2cc(Br)c(F)cc2F)CC1. The highest BCUT2D eigenvalue weighted by Gasteiger charge is 2.18. The molecular weight excluding hydrogens is 326 g/mol. The van der Waals surface area contributed by atoms with Crippen LogP contribution in [0.4, 0.5) is 14.5 Å². The van der Waals surface area contributed by atoms with Crippen molar-refractivity contribution < 1.29 is 8.78 Å². The number of nitrogens with one attached hydrogen (secondary N) is 1. The van der Waals surface area contributed by atoms with Gasteiger partial charge in [-0.05, 0) is 60.8 Å². The molecule has 2 rings (SSSR count). The second-order valence-electron chi connectivity index (χ2n) is 5.36. The summed E-state index contributed by atoms with van der Waals surface area (Å²) in [5.74, 6) is -1.09. The average Bonchev–Trinajstić information content (AvgIpc) is 2.62. The van der Waals surface area contributed by atoms with Crippen LogP contribution in [0.15, 0.2) is 16.6 Å². The first-order valence-corrected chi connectivity index (χ1v) is 8.03. The Morgan fingerprint density at radius 1 is 1.25 bits per heavy atom. The Morgan fingerprint density at radius 2 is 2.05 bits per heavy atom. The van der Waals surface area contributed by atoms with Gasteiger partial charge in [-0.15, -0.1) is 0 Å². The van der Waals surface area contributed by atoms with Gasteiger partial charge in [0.15, 0.2) is 0 Å². The lowest BCUT2D eigenvalue weighted by molar-refractivity contribution is 0.285. The van der Waals surface area contributed by atoms with Crippen LogP contribution in [0.5, 0.6) is 0 Å². The standard InChI is InChI=1S/C15H21BrF2N2/c1-2-6-20-7-3-4-11(5-8-20)19-15-9-12(16)13(17)10-14(15)18/h9-11,19H,2-8H2,1H3. The number of benzene rings is 1. The highest BCUT2D eigenvalue weighted by Crippen LogP contribution is 2.25. The zero-order chi connectivity index (χ0) is 14.5. The van der Waals surface area contributed by atoms with Gasteiger partial charge in [-0.25, -0.2) is 8.78 Å². The maximum absolute atomic E-state index is 13.8. The fraction of sp³-hybridized carbons (Fsp3) is 0.600. The Bertz CT molecular complexity index is 454. The quantitative estimate of drug-likeness (QED) is 0.812. The molecule has 1 heterocycles. The van der Waals surface area contributed by atoms with E-state index in [1.54, 1.807) is 0 Å². The van der Waals surface area contributed by atoms with Crippen LogP contribution in [-0.4, -0.2) is 30.6 Å². The molecule has 1 aliphatic heterocycles. The molecular formula is C15H21BrF2N2. The summed E-state index contributed by atoms with van der Waals surface area (Å²) in [5.41, 5.74) is 0.382. The number of hydrogen-bond acceptors (Lipinski definition) is 2. The molecule has 1 atom stereocenters. The predicted molar refractivity (Wildman–Crippen MR) is 82.1 cm³/mol. The fourth-order valence-electron chi connectivity index (χ4n) is 2.69. The van der Waals surface area contributed by atoms with Crippen molar-refractivity contribution in [2.45, 2.75) is 38.6 Å². The minimum Gasteiger partial charge on any atom is -0.380 e. The molecule has 0 bridgehead atoms. The van der Waals surface area contributed by atoms with Crippen molar-refractivity contribution in [2.24, 2.45) is 0 Å². The number of anilines is 1. The van der Waals surface area contributed by atoms with Crippen molar-refractivity contribution in [3.63, 3.8) is 0 Å². The smallest absolute Gasteiger partial charge is 0.149 e. The largest absolute Gasteiger partial charge is 0.380 e. The Kier molecular flexibility index (Phi) is 5.78. The topological polar surface area (TPSA) is 15.3 Å². The van der Waals surface area contributed by atoms with E-state index in [4.69, 9.17) is 0 Å². The molecule has 0 spiro atoms. The minimum absolute atomic E-state index is 0.253. The molecule has 1 fully saturated rings. The van der Waals surface area contributed by atoms with Crippen LogP contribution in [0.25, 0.3) is 0 Å². The van der Waals surface area contributed by atoms with Gasteiger partial charge in [0.2, 0.25) is 0 Å². The predicted octanol–water partition coefficient (Wildman–Crippen LogP) is 4.40. The van der Waals surface area contributed by atoms with E-state index in [9.17, 15) is 8.78 Å². The summed E-state index contributed by atoms with van der Waals surface area (Å²) in [5, 5.41) is 3.22. The maximum atomic E-state index is 13.8. The highest BCUT2D eigenvalue weighted by molar-refractivity contribution is 9.10. The Labute approximate surface area is 127 Å². The third-order valence-electron chi connectivity index (χ3n) is 3.73. The monoisotopic (exact) mass is 346 g/mol. The molecule has 0 saturated carbocycles. The van der Waals surface area contributed by atoms with E-state index < -0.39 is 11.6 Å². The lowest BCUT2D eigenvalue weighted by Gasteiger charge is -2.20. The van der Waals surface area contributed by atoms with Gasteiger partial charge in [0.1, 0.15) is 11.6 Å². The van der Waals surface area contributed by atoms with Gasteiger partial charge in [0, 0.05) is 18.7 Å². The van der Waals surface area contributed by atoms with Crippen molar-refractivity contribution >= 4 is 21.6 Å². The first-order valence-electron chi connectivity index (χ1n) is 7.23. The molecule has 1 saturated heterocycles. The molecule has 0 amide bonds. The molecule has 0 aliphatic carbocycles. The molecule has 2 nitrogen and oxygen atoms in total. The molecule has 1 aliphatic rings. The number of nitrogens with zero attached hydrogens (tertiary/aromatic N) is 1. The summed E-state index contributed by atoms with van der Waals surface area (Å²) in [6, 6.07) is 2.66. The Balaban J connectivity index is 1.98. The summed E-state index contributed by atoms with van der Waals surface area (Å²) < 4.78 is 27.3. The van der Waals surface area contributed by atoms with Crippen LogP contribution in [-0.2, 0) is 0 Å². The molecule has 1 N–H and O–H groups in total. The van der Waals surface area contributed by atoms with E-state index in [1.807, 2.05) is 0 Å². The van der Waals surface area contributed by atoms with Gasteiger partial charge >= 0.3 is 0 Å². The van der Waals surface area contributed by atoms with E-state index in [0.717, 1.165) is 51.4 Å². The second kappa shape index (κ2) is 7.36. The molecule has 0 radical (unpaired) electrons. The third-order valence-corrected chi connectivity index (χ3v) is 4.34. The third kappa shape index (κ3) is 4.16. The normalized spacial score (nSPS) is 20.7. The van der Waals surface area contributed by atoms with E-state index in [-0.39, 0.29) is 6.04 Å². The van der Waals surface area contributed by atoms with Crippen LogP contribution >= 0.6 is 15.9 Å². The fourth-order valence-corrected chi connectivity index (χ4v) is 3.04. The molecule has 0 aromatic heterocycles. The van der Waals surface area contributed by atoms with Crippen molar-refractivity contribution in [3.8, 4) is 0 Å². The summed E-state index contributed by atoms with van der Waals surface area (Å²) in [4.78, 5) is 2.46. The zero-order valence-corrected chi connectivity index (χ0v) is 13.3. The summed E-state index contributed by atoms with van der Waals surface area (Å²) in [7, 11) is 0. The van der Waals surface area contributed by atoms with Gasteiger partial charge < -0.3 is 10.2 Å². The molecule has 20 heavy (non-hydrogen) atoms. The lowest BCUT2D eigenvalue weighted by Crippen LogP contribution is -2.27. The number of rotatable bonds is 4. The molecule has 1 unspecified atom stereocenters. The van der Waals surface area contributed by atoms with E-state index in [2.05, 4.69) is 33.1 Å². The Hall–Kier alpha value is -0.680. The Morgan fingerprint density at radius 3 is 2.80 bits per heavy atom. The first kappa shape index (κ1) is 15.7. The van der Waals surface area contributed by atoms with Crippen LogP contribution in [0.1, 0.15) is 32.6 Å². The molecule has 112 valence electrons. The van der Waals surface area contributed by atoms with Gasteiger partial charge in [-0.1, -0.05) is 6.92 Å². The lowest BCUT2D eigenvalue weighted by atomic mass is 10.1. The zero-order valence-electron chi connectivity index (χ0n) is 11.8. The van der Waals surface area contributed by atoms with E-state index >= 15 is 0 Å². The number of hydrogen-bond donors (Lipinski definition) is 1. The van der Waals surface area contributed by atoms with Gasteiger partial charge in [0.25, 0.3) is 0 Å². The average molecular weight is 347 g/mol. The first-order chi connectivity index (χ1) is 9.60. The van der Waals surface area contributed by atoms with Crippen LogP contribution < -0.4 is 5.32 Å². The minimum atomic E-state index is -0.567. The van der Waals surface area contributed by atoms with Crippen LogP contribution in [0, 0.1) is 11.6 Å². The van der Waals surface area contributed by atoms with Crippen LogP contribution in [0.2, 0.25) is 0 Å². The van der Waals surface area contributed by atoms with Crippen molar-refractivity contribution in [3.05, 3.63) is 28.2 Å². The maximum Gasteiger partial charge on any atom is 0.149 e. The van der Waals surface area contributed by atoms with Crippen molar-refractivity contribution in [1.29, 1.82) is 0 Å². The van der Waals surface area contributed by atoms with Gasteiger partial charge in [-0.3, -0.25) is 0 Å². The number of likely N-dealkylation sites (tertiary alicyclic amines) is 1. The second-order valence-corrected chi connectivity index (χ2v) is 6.21. The summed E-state index contributed by atoms with van der Waals surface area (Å²) in [6.45, 7) is 5.46. The van der Waals surface area contributed by atoms with Crippen molar-refractivity contribution in [2.75, 3.05) is 25.0 Å².